The average molecular weight is 214 g/mol. The number of nitrogens with one attached hydrogen (secondary N) is 1. The maximum atomic E-state index is 11.7. The van der Waals surface area contributed by atoms with Crippen molar-refractivity contribution in [2.75, 3.05) is 0 Å². The van der Waals surface area contributed by atoms with Gasteiger partial charge in [0.15, 0.2) is 0 Å². The van der Waals surface area contributed by atoms with E-state index in [9.17, 15) is 4.79 Å². The van der Waals surface area contributed by atoms with Gasteiger partial charge in [-0.05, 0) is 25.2 Å². The summed E-state index contributed by atoms with van der Waals surface area (Å²) in [6.45, 7) is 8.38. The molecule has 0 spiro atoms. The number of hydrogen-bond acceptors (Lipinski definition) is 2. The molecule has 0 aromatic heterocycles. The minimum absolute atomic E-state index is 0.00370. The van der Waals surface area contributed by atoms with E-state index in [2.05, 4.69) is 33.0 Å². The van der Waals surface area contributed by atoms with Gasteiger partial charge in [0.25, 0.3) is 0 Å². The smallest absolute Gasteiger partial charge is 0.237 e. The van der Waals surface area contributed by atoms with E-state index in [1.54, 1.807) is 0 Å². The van der Waals surface area contributed by atoms with E-state index < -0.39 is 0 Å². The van der Waals surface area contributed by atoms with Gasteiger partial charge in [-0.3, -0.25) is 4.79 Å². The fourth-order valence-corrected chi connectivity index (χ4v) is 1.65. The van der Waals surface area contributed by atoms with Crippen molar-refractivity contribution in [1.29, 1.82) is 0 Å². The predicted octanol–water partition coefficient (Wildman–Crippen LogP) is 2.05. The number of carbonyl (C=O) groups excluding carboxylic acids is 1. The highest BCUT2D eigenvalue weighted by atomic mass is 16.2. The number of carbonyl (C=O) groups is 1. The molecule has 0 radical (unpaired) electrons. The Hall–Kier alpha value is -0.570. The summed E-state index contributed by atoms with van der Waals surface area (Å²) in [4.78, 5) is 11.7. The number of hydrogen-bond donors (Lipinski definition) is 2. The standard InChI is InChI=1S/C12H26N2O/c1-5-7-10(6-2)14-12(15)11(13)8-9(3)4/h9-11H,5-8,13H2,1-4H3,(H,14,15)/t10?,11-/m0/s1. The van der Waals surface area contributed by atoms with E-state index in [-0.39, 0.29) is 11.9 Å². The maximum Gasteiger partial charge on any atom is 0.237 e. The second-order valence-electron chi connectivity index (χ2n) is 4.64. The highest BCUT2D eigenvalue weighted by Gasteiger charge is 2.17. The first-order chi connectivity index (χ1) is 7.01. The molecule has 0 rings (SSSR count). The van der Waals surface area contributed by atoms with Crippen molar-refractivity contribution in [3.63, 3.8) is 0 Å². The van der Waals surface area contributed by atoms with Gasteiger partial charge in [-0.15, -0.1) is 0 Å². The fraction of sp³-hybridized carbons (Fsp3) is 0.917. The summed E-state index contributed by atoms with van der Waals surface area (Å²) in [5.74, 6) is 0.473. The molecule has 0 aromatic rings. The van der Waals surface area contributed by atoms with E-state index >= 15 is 0 Å². The molecule has 0 aliphatic rings. The molecule has 3 N–H and O–H groups in total. The Labute approximate surface area is 93.8 Å². The molecule has 0 fully saturated rings. The molecule has 15 heavy (non-hydrogen) atoms. The quantitative estimate of drug-likeness (QED) is 0.681. The maximum absolute atomic E-state index is 11.7. The molecule has 90 valence electrons. The van der Waals surface area contributed by atoms with E-state index in [4.69, 9.17) is 5.73 Å². The van der Waals surface area contributed by atoms with Crippen molar-refractivity contribution in [3.05, 3.63) is 0 Å². The number of amides is 1. The van der Waals surface area contributed by atoms with Crippen LogP contribution in [0.4, 0.5) is 0 Å². The van der Waals surface area contributed by atoms with Crippen LogP contribution >= 0.6 is 0 Å². The first-order valence-corrected chi connectivity index (χ1v) is 6.07. The minimum Gasteiger partial charge on any atom is -0.352 e. The fourth-order valence-electron chi connectivity index (χ4n) is 1.65. The summed E-state index contributed by atoms with van der Waals surface area (Å²) in [5, 5.41) is 3.01. The predicted molar refractivity (Wildman–Crippen MR) is 64.6 cm³/mol. The Balaban J connectivity index is 3.98. The molecule has 0 aliphatic heterocycles. The lowest BCUT2D eigenvalue weighted by Crippen LogP contribution is -2.45. The Morgan fingerprint density at radius 3 is 2.33 bits per heavy atom. The van der Waals surface area contributed by atoms with Crippen LogP contribution in [0.15, 0.2) is 0 Å². The summed E-state index contributed by atoms with van der Waals surface area (Å²) >= 11 is 0. The van der Waals surface area contributed by atoms with Gasteiger partial charge in [-0.1, -0.05) is 34.1 Å². The van der Waals surface area contributed by atoms with Gasteiger partial charge in [0.2, 0.25) is 5.91 Å². The summed E-state index contributed by atoms with van der Waals surface area (Å²) in [6, 6.07) is -0.0587. The highest BCUT2D eigenvalue weighted by molar-refractivity contribution is 5.81. The minimum atomic E-state index is -0.351. The normalized spacial score (nSPS) is 15.1. The lowest BCUT2D eigenvalue weighted by atomic mass is 10.0. The van der Waals surface area contributed by atoms with E-state index in [1.807, 2.05) is 0 Å². The molecule has 3 heteroatoms. The molecule has 0 aliphatic carbocycles. The van der Waals surface area contributed by atoms with Crippen molar-refractivity contribution < 1.29 is 4.79 Å². The van der Waals surface area contributed by atoms with E-state index in [1.165, 1.54) is 0 Å². The zero-order chi connectivity index (χ0) is 11.8. The lowest BCUT2D eigenvalue weighted by Gasteiger charge is -2.20. The van der Waals surface area contributed by atoms with E-state index in [0.29, 0.717) is 12.0 Å². The third kappa shape index (κ3) is 6.50. The van der Waals surface area contributed by atoms with Gasteiger partial charge in [0.1, 0.15) is 0 Å². The van der Waals surface area contributed by atoms with Gasteiger partial charge in [0, 0.05) is 6.04 Å². The zero-order valence-electron chi connectivity index (χ0n) is 10.5. The van der Waals surface area contributed by atoms with Crippen LogP contribution in [0.5, 0.6) is 0 Å². The van der Waals surface area contributed by atoms with Gasteiger partial charge in [-0.2, -0.15) is 0 Å². The van der Waals surface area contributed by atoms with Crippen LogP contribution in [-0.4, -0.2) is 18.0 Å². The monoisotopic (exact) mass is 214 g/mol. The Bertz CT molecular complexity index is 180. The van der Waals surface area contributed by atoms with Gasteiger partial charge < -0.3 is 11.1 Å². The largest absolute Gasteiger partial charge is 0.352 e. The van der Waals surface area contributed by atoms with Crippen LogP contribution in [0, 0.1) is 5.92 Å². The molecular formula is C12H26N2O. The van der Waals surface area contributed by atoms with Crippen LogP contribution in [-0.2, 0) is 4.79 Å². The Morgan fingerprint density at radius 1 is 1.33 bits per heavy atom. The molecule has 0 heterocycles. The highest BCUT2D eigenvalue weighted by Crippen LogP contribution is 2.05. The van der Waals surface area contributed by atoms with Crippen molar-refractivity contribution in [2.45, 2.75) is 65.5 Å². The van der Waals surface area contributed by atoms with Crippen LogP contribution in [0.25, 0.3) is 0 Å². The lowest BCUT2D eigenvalue weighted by molar-refractivity contribution is -0.123. The zero-order valence-corrected chi connectivity index (χ0v) is 10.5. The summed E-state index contributed by atoms with van der Waals surface area (Å²) < 4.78 is 0. The average Bonchev–Trinajstić information content (AvgIpc) is 2.15. The molecule has 0 saturated heterocycles. The first-order valence-electron chi connectivity index (χ1n) is 6.07. The molecular weight excluding hydrogens is 188 g/mol. The van der Waals surface area contributed by atoms with Crippen LogP contribution in [0.1, 0.15) is 53.4 Å². The molecule has 1 amide bonds. The first kappa shape index (κ1) is 14.4. The van der Waals surface area contributed by atoms with E-state index in [0.717, 1.165) is 25.7 Å². The van der Waals surface area contributed by atoms with Crippen molar-refractivity contribution in [3.8, 4) is 0 Å². The molecule has 0 aromatic carbocycles. The molecule has 0 saturated carbocycles. The summed E-state index contributed by atoms with van der Waals surface area (Å²) in [5.41, 5.74) is 5.81. The third-order valence-corrected chi connectivity index (χ3v) is 2.54. The topological polar surface area (TPSA) is 55.1 Å². The van der Waals surface area contributed by atoms with Crippen molar-refractivity contribution in [2.24, 2.45) is 11.7 Å². The van der Waals surface area contributed by atoms with Crippen LogP contribution < -0.4 is 11.1 Å². The second kappa shape index (κ2) is 7.69. The van der Waals surface area contributed by atoms with Crippen LogP contribution in [0.3, 0.4) is 0 Å². The molecule has 2 atom stereocenters. The SMILES string of the molecule is CCCC(CC)NC(=O)[C@@H](N)CC(C)C. The van der Waals surface area contributed by atoms with Gasteiger partial charge >= 0.3 is 0 Å². The van der Waals surface area contributed by atoms with Crippen molar-refractivity contribution in [1.82, 2.24) is 5.32 Å². The Kier molecular flexibility index (Phi) is 7.39. The molecule has 0 bridgehead atoms. The third-order valence-electron chi connectivity index (χ3n) is 2.54. The summed E-state index contributed by atoms with van der Waals surface area (Å²) in [6.07, 6.45) is 3.87. The van der Waals surface area contributed by atoms with Crippen LogP contribution in [0.2, 0.25) is 0 Å². The van der Waals surface area contributed by atoms with Gasteiger partial charge in [-0.25, -0.2) is 0 Å². The Morgan fingerprint density at radius 2 is 1.93 bits per heavy atom. The summed E-state index contributed by atoms with van der Waals surface area (Å²) in [7, 11) is 0. The van der Waals surface area contributed by atoms with Crippen molar-refractivity contribution >= 4 is 5.91 Å². The number of rotatable bonds is 7. The van der Waals surface area contributed by atoms with Gasteiger partial charge in [0.05, 0.1) is 6.04 Å². The second-order valence-corrected chi connectivity index (χ2v) is 4.64. The molecule has 1 unspecified atom stereocenters. The molecule has 3 nitrogen and oxygen atoms in total. The number of nitrogens with two attached hydrogens (primary N) is 1.